The average Bonchev–Trinajstić information content (AvgIpc) is 3.17. The molecule has 0 unspecified atom stereocenters. The summed E-state index contributed by atoms with van der Waals surface area (Å²) < 4.78 is 6.20. The van der Waals surface area contributed by atoms with Crippen LogP contribution in [0, 0.1) is 6.92 Å². The molecule has 2 aromatic rings. The molecule has 0 aromatic carbocycles. The zero-order valence-electron chi connectivity index (χ0n) is 18.6. The number of aromatic nitrogens is 2. The molecular weight excluding hydrogens is 408 g/mol. The Kier molecular flexibility index (Phi) is 6.97. The number of nitrogens with one attached hydrogen (secondary N) is 1. The van der Waals surface area contributed by atoms with Crippen molar-refractivity contribution in [1.82, 2.24) is 15.0 Å². The Morgan fingerprint density at radius 3 is 2.58 bits per heavy atom. The molecule has 0 spiro atoms. The van der Waals surface area contributed by atoms with Gasteiger partial charge in [0.1, 0.15) is 5.75 Å². The lowest BCUT2D eigenvalue weighted by Crippen LogP contribution is -2.32. The van der Waals surface area contributed by atoms with Gasteiger partial charge in [0.15, 0.2) is 5.13 Å². The van der Waals surface area contributed by atoms with Crippen LogP contribution in [0.3, 0.4) is 0 Å². The van der Waals surface area contributed by atoms with Crippen molar-refractivity contribution in [3.05, 3.63) is 40.3 Å². The summed E-state index contributed by atoms with van der Waals surface area (Å²) in [5.74, 6) is 7.57. The maximum Gasteiger partial charge on any atom is 0.183 e. The lowest BCUT2D eigenvalue weighted by atomic mass is 9.83. The minimum atomic E-state index is 0.297. The van der Waals surface area contributed by atoms with Crippen LogP contribution in [0.5, 0.6) is 5.75 Å². The number of nitrogens with zero attached hydrogens (tertiary/aromatic N) is 3. The molecule has 7 nitrogen and oxygen atoms in total. The largest absolute Gasteiger partial charge is 0.489 e. The van der Waals surface area contributed by atoms with E-state index in [0.717, 1.165) is 35.1 Å². The van der Waals surface area contributed by atoms with E-state index in [1.54, 1.807) is 23.4 Å². The summed E-state index contributed by atoms with van der Waals surface area (Å²) in [6, 6.07) is 3.90. The molecule has 2 aliphatic rings. The standard InChI is InChI=1S/C23H34N6OS/c1-15-21(30-17-9-4-3-5-10-17)12-11-18(27-15)22(24)20(29(2)25)13-26-23-28-19(14-31-23)16-7-6-8-16/h11-12,14,16-17H,3-10,13,24-25H2,1-2H3,(H,26,28)/b22-20-. The van der Waals surface area contributed by atoms with E-state index in [0.29, 0.717) is 30.0 Å². The number of ether oxygens (including phenoxy) is 1. The first kappa shape index (κ1) is 21.9. The van der Waals surface area contributed by atoms with E-state index in [4.69, 9.17) is 26.3 Å². The molecular formula is C23H34N6OS. The lowest BCUT2D eigenvalue weighted by molar-refractivity contribution is 0.153. The first-order valence-electron chi connectivity index (χ1n) is 11.3. The highest BCUT2D eigenvalue weighted by molar-refractivity contribution is 7.13. The van der Waals surface area contributed by atoms with Crippen LogP contribution < -0.4 is 21.6 Å². The number of aryl methyl sites for hydroxylation is 1. The summed E-state index contributed by atoms with van der Waals surface area (Å²) in [6.07, 6.45) is 10.1. The fourth-order valence-corrected chi connectivity index (χ4v) is 4.95. The highest BCUT2D eigenvalue weighted by Crippen LogP contribution is 2.37. The molecule has 5 N–H and O–H groups in total. The molecule has 8 heteroatoms. The Balaban J connectivity index is 1.45. The quantitative estimate of drug-likeness (QED) is 0.412. The summed E-state index contributed by atoms with van der Waals surface area (Å²) in [6.45, 7) is 2.45. The van der Waals surface area contributed by atoms with E-state index < -0.39 is 0 Å². The van der Waals surface area contributed by atoms with Crippen LogP contribution in [-0.2, 0) is 0 Å². The van der Waals surface area contributed by atoms with Crippen molar-refractivity contribution >= 4 is 22.2 Å². The van der Waals surface area contributed by atoms with Crippen LogP contribution in [0.1, 0.15) is 74.4 Å². The van der Waals surface area contributed by atoms with Gasteiger partial charge in [-0.15, -0.1) is 11.3 Å². The minimum absolute atomic E-state index is 0.297. The second-order valence-corrected chi connectivity index (χ2v) is 9.55. The van der Waals surface area contributed by atoms with Gasteiger partial charge < -0.3 is 20.8 Å². The molecule has 2 fully saturated rings. The highest BCUT2D eigenvalue weighted by Gasteiger charge is 2.22. The van der Waals surface area contributed by atoms with E-state index in [-0.39, 0.29) is 0 Å². The maximum atomic E-state index is 6.49. The Morgan fingerprint density at radius 2 is 1.94 bits per heavy atom. The van der Waals surface area contributed by atoms with Crippen molar-refractivity contribution in [1.29, 1.82) is 0 Å². The molecule has 0 amide bonds. The molecule has 168 valence electrons. The third-order valence-corrected chi connectivity index (χ3v) is 7.17. The predicted octanol–water partition coefficient (Wildman–Crippen LogP) is 4.37. The third-order valence-electron chi connectivity index (χ3n) is 6.35. The van der Waals surface area contributed by atoms with E-state index in [1.807, 2.05) is 19.1 Å². The van der Waals surface area contributed by atoms with Gasteiger partial charge in [0.25, 0.3) is 0 Å². The number of hydrogen-bond acceptors (Lipinski definition) is 8. The molecule has 0 radical (unpaired) electrons. The predicted molar refractivity (Wildman–Crippen MR) is 127 cm³/mol. The van der Waals surface area contributed by atoms with Gasteiger partial charge in [0.2, 0.25) is 0 Å². The zero-order valence-corrected chi connectivity index (χ0v) is 19.4. The van der Waals surface area contributed by atoms with Gasteiger partial charge >= 0.3 is 0 Å². The van der Waals surface area contributed by atoms with E-state index >= 15 is 0 Å². The van der Waals surface area contributed by atoms with Gasteiger partial charge in [0.05, 0.1) is 41.1 Å². The lowest BCUT2D eigenvalue weighted by Gasteiger charge is -2.24. The Morgan fingerprint density at radius 1 is 1.16 bits per heavy atom. The number of anilines is 1. The summed E-state index contributed by atoms with van der Waals surface area (Å²) in [7, 11) is 1.79. The summed E-state index contributed by atoms with van der Waals surface area (Å²) >= 11 is 1.63. The second kappa shape index (κ2) is 9.87. The SMILES string of the molecule is Cc1nc(/C(N)=C(\CNc2nc(C3CCC3)cs2)N(C)N)ccc1OC1CCCCC1. The number of thiazole rings is 1. The van der Waals surface area contributed by atoms with Gasteiger partial charge in [-0.3, -0.25) is 0 Å². The van der Waals surface area contributed by atoms with Crippen LogP contribution in [0.2, 0.25) is 0 Å². The molecule has 2 aliphatic carbocycles. The van der Waals surface area contributed by atoms with Crippen molar-refractivity contribution < 1.29 is 4.74 Å². The monoisotopic (exact) mass is 442 g/mol. The molecule has 4 rings (SSSR count). The number of rotatable bonds is 8. The van der Waals surface area contributed by atoms with Crippen LogP contribution in [-0.4, -0.2) is 34.7 Å². The minimum Gasteiger partial charge on any atom is -0.489 e. The number of pyridine rings is 1. The molecule has 0 saturated heterocycles. The molecule has 2 aromatic heterocycles. The van der Waals surface area contributed by atoms with E-state index in [2.05, 4.69) is 10.7 Å². The van der Waals surface area contributed by atoms with Gasteiger partial charge in [-0.05, 0) is 57.6 Å². The summed E-state index contributed by atoms with van der Waals surface area (Å²) in [4.78, 5) is 9.44. The van der Waals surface area contributed by atoms with Crippen LogP contribution in [0.15, 0.2) is 23.2 Å². The van der Waals surface area contributed by atoms with Crippen LogP contribution in [0.4, 0.5) is 5.13 Å². The van der Waals surface area contributed by atoms with E-state index in [9.17, 15) is 0 Å². The van der Waals surface area contributed by atoms with Crippen molar-refractivity contribution in [2.75, 3.05) is 18.9 Å². The highest BCUT2D eigenvalue weighted by atomic mass is 32.1. The first-order valence-corrected chi connectivity index (χ1v) is 12.2. The number of nitrogens with two attached hydrogens (primary N) is 2. The maximum absolute atomic E-state index is 6.49. The molecule has 2 saturated carbocycles. The summed E-state index contributed by atoms with van der Waals surface area (Å²) in [5, 5.41) is 7.98. The zero-order chi connectivity index (χ0) is 21.8. The average molecular weight is 443 g/mol. The van der Waals surface area contributed by atoms with Gasteiger partial charge in [0, 0.05) is 18.3 Å². The first-order chi connectivity index (χ1) is 15.0. The van der Waals surface area contributed by atoms with Crippen molar-refractivity contribution in [2.45, 2.75) is 70.3 Å². The Labute approximate surface area is 188 Å². The molecule has 31 heavy (non-hydrogen) atoms. The topological polar surface area (TPSA) is 102 Å². The number of hydrogen-bond donors (Lipinski definition) is 3. The van der Waals surface area contributed by atoms with Crippen molar-refractivity contribution in [2.24, 2.45) is 11.6 Å². The number of likely N-dealkylation sites (N-methyl/N-ethyl adjacent to an activating group) is 1. The molecule has 2 heterocycles. The van der Waals surface area contributed by atoms with Crippen LogP contribution in [0.25, 0.3) is 5.70 Å². The van der Waals surface area contributed by atoms with E-state index in [1.165, 1.54) is 44.2 Å². The molecule has 0 bridgehead atoms. The van der Waals surface area contributed by atoms with Crippen molar-refractivity contribution in [3.63, 3.8) is 0 Å². The fraction of sp³-hybridized carbons (Fsp3) is 0.565. The smallest absolute Gasteiger partial charge is 0.183 e. The second-order valence-electron chi connectivity index (χ2n) is 8.69. The van der Waals surface area contributed by atoms with Gasteiger partial charge in [-0.1, -0.05) is 12.8 Å². The van der Waals surface area contributed by atoms with Crippen molar-refractivity contribution in [3.8, 4) is 5.75 Å². The third kappa shape index (κ3) is 5.30. The normalized spacial score (nSPS) is 18.3. The summed E-state index contributed by atoms with van der Waals surface area (Å²) in [5.41, 5.74) is 10.6. The molecule has 0 atom stereocenters. The van der Waals surface area contributed by atoms with Gasteiger partial charge in [-0.25, -0.2) is 15.8 Å². The Hall–Kier alpha value is -2.32. The molecule has 0 aliphatic heterocycles. The van der Waals surface area contributed by atoms with Crippen LogP contribution >= 0.6 is 11.3 Å². The number of hydrazine groups is 1. The van der Waals surface area contributed by atoms with Gasteiger partial charge in [-0.2, -0.15) is 0 Å². The Bertz CT molecular complexity index is 915. The fourth-order valence-electron chi connectivity index (χ4n) is 4.16.